The number of pyridine rings is 1. The van der Waals surface area contributed by atoms with Crippen molar-refractivity contribution in [1.82, 2.24) is 24.4 Å². The van der Waals surface area contributed by atoms with E-state index in [2.05, 4.69) is 15.0 Å². The number of carbonyl (C=O) groups is 2. The summed E-state index contributed by atoms with van der Waals surface area (Å²) in [4.78, 5) is 37.8. The van der Waals surface area contributed by atoms with Crippen LogP contribution in [0.15, 0.2) is 55.1 Å². The highest BCUT2D eigenvalue weighted by atomic mass is 19.4. The smallest absolute Gasteiger partial charge is 0.403 e. The number of H-pyrrole nitrogens is 1. The summed E-state index contributed by atoms with van der Waals surface area (Å²) in [6, 6.07) is 8.00. The third kappa shape index (κ3) is 4.14. The quantitative estimate of drug-likeness (QED) is 0.119. The molecule has 0 radical (unpaired) electrons. The highest BCUT2D eigenvalue weighted by molar-refractivity contribution is 6.45. The number of hydrazine groups is 1. The monoisotopic (exact) mass is 528 g/mol. The summed E-state index contributed by atoms with van der Waals surface area (Å²) < 4.78 is 57.6. The van der Waals surface area contributed by atoms with Gasteiger partial charge in [0.25, 0.3) is 11.7 Å². The molecular weight excluding hydrogens is 508 g/mol. The molecule has 10 nitrogen and oxygen atoms in total. The van der Waals surface area contributed by atoms with Gasteiger partial charge in [0.15, 0.2) is 17.3 Å². The molecule has 38 heavy (non-hydrogen) atoms. The van der Waals surface area contributed by atoms with Crippen molar-refractivity contribution in [3.05, 3.63) is 78.0 Å². The summed E-state index contributed by atoms with van der Waals surface area (Å²) in [6.45, 7) is -0.415. The van der Waals surface area contributed by atoms with Gasteiger partial charge in [0.2, 0.25) is 0 Å². The maximum Gasteiger partial charge on any atom is 0.435 e. The zero-order chi connectivity index (χ0) is 27.2. The number of Topliss-reactive ketones (excluding diaryl/α,β-unsaturated/α-hetero) is 1. The number of nitrogens with one attached hydrogen (secondary N) is 1. The highest BCUT2D eigenvalue weighted by Gasteiger charge is 2.41. The number of anilines is 1. The average molecular weight is 528 g/mol. The standard InChI is InChI=1S/C24H20F4N8O2/c25-15-11-32-22(36(30)7-6-29)18-17(15)14(10-31-18)20(37)23(38)34-8-9-35-16(12-34)33-21(24(26,27)28)19(35)13-4-2-1-3-5-13/h1-7,10-11,31H,8-9,12,29-30H2/b7-6-. The number of aromatic nitrogens is 4. The SMILES string of the molecule is N/C=C\N(N)c1ncc(F)c2c(C(=O)C(=O)N3CCn4c(nc(C(F)(F)F)c4-c4ccccc4)C3)c[nH]c12. The van der Waals surface area contributed by atoms with Crippen LogP contribution < -0.4 is 16.6 Å². The van der Waals surface area contributed by atoms with Crippen molar-refractivity contribution in [1.29, 1.82) is 0 Å². The molecule has 4 aromatic rings. The molecule has 0 unspecified atom stereocenters. The van der Waals surface area contributed by atoms with E-state index < -0.39 is 29.4 Å². The summed E-state index contributed by atoms with van der Waals surface area (Å²) >= 11 is 0. The number of rotatable bonds is 5. The molecule has 0 saturated heterocycles. The van der Waals surface area contributed by atoms with E-state index in [0.29, 0.717) is 5.56 Å². The topological polar surface area (TPSA) is 139 Å². The fraction of sp³-hybridized carbons (Fsp3) is 0.167. The molecule has 0 saturated carbocycles. The summed E-state index contributed by atoms with van der Waals surface area (Å²) in [6.07, 6.45) is -0.355. The van der Waals surface area contributed by atoms with Crippen LogP contribution in [0.1, 0.15) is 21.9 Å². The number of nitrogens with two attached hydrogens (primary N) is 2. The lowest BCUT2D eigenvalue weighted by molar-refractivity contribution is -0.140. The zero-order valence-electron chi connectivity index (χ0n) is 19.5. The number of fused-ring (bicyclic) bond motifs is 2. The van der Waals surface area contributed by atoms with Gasteiger partial charge in [-0.15, -0.1) is 0 Å². The highest BCUT2D eigenvalue weighted by Crippen LogP contribution is 2.38. The fourth-order valence-corrected chi connectivity index (χ4v) is 4.48. The van der Waals surface area contributed by atoms with Crippen LogP contribution in [0.25, 0.3) is 22.2 Å². The van der Waals surface area contributed by atoms with Crippen LogP contribution in [0.3, 0.4) is 0 Å². The first-order valence-electron chi connectivity index (χ1n) is 11.2. The Morgan fingerprint density at radius 3 is 2.58 bits per heavy atom. The predicted molar refractivity (Wildman–Crippen MR) is 128 cm³/mol. The Morgan fingerprint density at radius 2 is 1.89 bits per heavy atom. The van der Waals surface area contributed by atoms with Crippen LogP contribution in [0, 0.1) is 5.82 Å². The first kappa shape index (κ1) is 25.0. The Balaban J connectivity index is 1.48. The lowest BCUT2D eigenvalue weighted by Crippen LogP contribution is -2.42. The van der Waals surface area contributed by atoms with Gasteiger partial charge in [0.05, 0.1) is 34.9 Å². The minimum absolute atomic E-state index is 0.0208. The molecule has 0 aliphatic carbocycles. The van der Waals surface area contributed by atoms with Crippen molar-refractivity contribution in [2.75, 3.05) is 11.6 Å². The summed E-state index contributed by atoms with van der Waals surface area (Å²) in [5.74, 6) is 2.91. The molecule has 1 aliphatic heterocycles. The molecule has 0 spiro atoms. The van der Waals surface area contributed by atoms with E-state index in [-0.39, 0.29) is 53.4 Å². The van der Waals surface area contributed by atoms with E-state index >= 15 is 0 Å². The third-order valence-corrected chi connectivity index (χ3v) is 6.15. The number of nitrogens with zero attached hydrogens (tertiary/aromatic N) is 5. The molecule has 3 aromatic heterocycles. The lowest BCUT2D eigenvalue weighted by atomic mass is 10.1. The molecule has 1 aliphatic rings. The van der Waals surface area contributed by atoms with Crippen LogP contribution in [-0.4, -0.2) is 42.7 Å². The number of carbonyl (C=O) groups excluding carboxylic acids is 2. The maximum absolute atomic E-state index is 14.7. The second-order valence-corrected chi connectivity index (χ2v) is 8.43. The van der Waals surface area contributed by atoms with Crippen molar-refractivity contribution in [2.24, 2.45) is 11.6 Å². The van der Waals surface area contributed by atoms with Gasteiger partial charge in [-0.1, -0.05) is 30.3 Å². The minimum atomic E-state index is -4.73. The van der Waals surface area contributed by atoms with Crippen molar-refractivity contribution < 1.29 is 27.2 Å². The molecule has 0 bridgehead atoms. The maximum atomic E-state index is 14.7. The first-order chi connectivity index (χ1) is 18.1. The number of amides is 1. The van der Waals surface area contributed by atoms with Gasteiger partial charge in [0, 0.05) is 37.2 Å². The predicted octanol–water partition coefficient (Wildman–Crippen LogP) is 2.92. The van der Waals surface area contributed by atoms with E-state index in [0.717, 1.165) is 28.5 Å². The van der Waals surface area contributed by atoms with Gasteiger partial charge >= 0.3 is 6.18 Å². The molecule has 1 amide bonds. The second kappa shape index (κ2) is 9.30. The molecule has 0 atom stereocenters. The van der Waals surface area contributed by atoms with Gasteiger partial charge in [-0.3, -0.25) is 14.6 Å². The molecule has 5 N–H and O–H groups in total. The summed E-state index contributed by atoms with van der Waals surface area (Å²) in [7, 11) is 0. The van der Waals surface area contributed by atoms with E-state index in [9.17, 15) is 27.2 Å². The normalized spacial score (nSPS) is 13.8. The van der Waals surface area contributed by atoms with Gasteiger partial charge in [-0.05, 0) is 0 Å². The number of imidazole rings is 1. The van der Waals surface area contributed by atoms with Gasteiger partial charge in [0.1, 0.15) is 5.82 Å². The van der Waals surface area contributed by atoms with E-state index in [1.54, 1.807) is 30.3 Å². The summed E-state index contributed by atoms with van der Waals surface area (Å²) in [5.41, 5.74) is 4.26. The minimum Gasteiger partial charge on any atom is -0.403 e. The second-order valence-electron chi connectivity index (χ2n) is 8.43. The van der Waals surface area contributed by atoms with Crippen LogP contribution >= 0.6 is 0 Å². The number of hydrogen-bond donors (Lipinski definition) is 3. The fourth-order valence-electron chi connectivity index (χ4n) is 4.48. The molecule has 5 rings (SSSR count). The Kier molecular flexibility index (Phi) is 6.11. The van der Waals surface area contributed by atoms with Crippen LogP contribution in [0.5, 0.6) is 0 Å². The van der Waals surface area contributed by atoms with Crippen molar-refractivity contribution in [3.8, 4) is 11.3 Å². The van der Waals surface area contributed by atoms with Crippen LogP contribution in [-0.2, 0) is 24.1 Å². The number of alkyl halides is 3. The molecule has 4 heterocycles. The molecule has 0 fully saturated rings. The largest absolute Gasteiger partial charge is 0.435 e. The number of aromatic amines is 1. The average Bonchev–Trinajstić information content (AvgIpc) is 3.51. The summed E-state index contributed by atoms with van der Waals surface area (Å²) in [5, 5.41) is 0.792. The van der Waals surface area contributed by atoms with E-state index in [1.807, 2.05) is 0 Å². The molecule has 196 valence electrons. The number of hydrogen-bond acceptors (Lipinski definition) is 7. The Morgan fingerprint density at radius 1 is 1.16 bits per heavy atom. The van der Waals surface area contributed by atoms with E-state index in [4.69, 9.17) is 11.6 Å². The van der Waals surface area contributed by atoms with Gasteiger partial charge < -0.3 is 20.2 Å². The number of benzene rings is 1. The Hall–Kier alpha value is -4.72. The lowest BCUT2D eigenvalue weighted by Gasteiger charge is -2.28. The van der Waals surface area contributed by atoms with Crippen molar-refractivity contribution >= 4 is 28.4 Å². The molecule has 1 aromatic carbocycles. The Bertz CT molecular complexity index is 1580. The van der Waals surface area contributed by atoms with Crippen LogP contribution in [0.2, 0.25) is 0 Å². The van der Waals surface area contributed by atoms with Crippen LogP contribution in [0.4, 0.5) is 23.4 Å². The van der Waals surface area contributed by atoms with E-state index in [1.165, 1.54) is 10.8 Å². The van der Waals surface area contributed by atoms with Gasteiger partial charge in [-0.25, -0.2) is 20.2 Å². The van der Waals surface area contributed by atoms with Crippen molar-refractivity contribution in [2.45, 2.75) is 19.3 Å². The van der Waals surface area contributed by atoms with Gasteiger partial charge in [-0.2, -0.15) is 13.2 Å². The zero-order valence-corrected chi connectivity index (χ0v) is 19.5. The number of halogens is 4. The first-order valence-corrected chi connectivity index (χ1v) is 11.2. The van der Waals surface area contributed by atoms with Crippen molar-refractivity contribution in [3.63, 3.8) is 0 Å². The Labute approximate surface area is 212 Å². The third-order valence-electron chi connectivity index (χ3n) is 6.15. The molecule has 14 heteroatoms. The molecular formula is C24H20F4N8O2. The number of ketones is 1.